The zero-order chi connectivity index (χ0) is 25.3. The number of nitrogens with zero attached hydrogens (tertiary/aromatic N) is 2. The molecule has 9 heteroatoms. The molecule has 0 aliphatic carbocycles. The summed E-state index contributed by atoms with van der Waals surface area (Å²) in [7, 11) is 5.31. The van der Waals surface area contributed by atoms with Crippen LogP contribution in [-0.4, -0.2) is 55.5 Å². The fraction of sp³-hybridized carbons (Fsp3) is 0.360. The van der Waals surface area contributed by atoms with Gasteiger partial charge >= 0.3 is 5.97 Å². The first-order valence-electron chi connectivity index (χ1n) is 10.8. The number of hydrogen-bond donors (Lipinski definition) is 3. The van der Waals surface area contributed by atoms with Gasteiger partial charge in [0.15, 0.2) is 11.5 Å². The van der Waals surface area contributed by atoms with Crippen LogP contribution in [0.4, 0.5) is 5.69 Å². The summed E-state index contributed by atoms with van der Waals surface area (Å²) in [6.07, 6.45) is 0. The van der Waals surface area contributed by atoms with Crippen LogP contribution in [0.1, 0.15) is 29.8 Å². The van der Waals surface area contributed by atoms with Gasteiger partial charge in [-0.1, -0.05) is 43.6 Å². The summed E-state index contributed by atoms with van der Waals surface area (Å²) in [5, 5.41) is 17.0. The molecule has 0 radical (unpaired) electrons. The van der Waals surface area contributed by atoms with Crippen LogP contribution in [0.5, 0.6) is 0 Å². The van der Waals surface area contributed by atoms with Gasteiger partial charge in [-0.3, -0.25) is 14.6 Å². The van der Waals surface area contributed by atoms with Crippen LogP contribution in [0.3, 0.4) is 0 Å². The van der Waals surface area contributed by atoms with Gasteiger partial charge in [0, 0.05) is 28.8 Å². The Kier molecular flexibility index (Phi) is 7.26. The second kappa shape index (κ2) is 9.66. The number of rotatable bonds is 8. The fourth-order valence-electron chi connectivity index (χ4n) is 4.66. The molecule has 8 nitrogen and oxygen atoms in total. The van der Waals surface area contributed by atoms with E-state index in [1.807, 2.05) is 63.2 Å². The molecule has 1 aliphatic rings. The van der Waals surface area contributed by atoms with E-state index in [9.17, 15) is 14.7 Å². The van der Waals surface area contributed by atoms with E-state index in [1.165, 1.54) is 0 Å². The van der Waals surface area contributed by atoms with E-state index in [0.717, 1.165) is 0 Å². The smallest absolute Gasteiger partial charge is 0.356 e. The minimum absolute atomic E-state index is 0.0796. The van der Waals surface area contributed by atoms with Crippen molar-refractivity contribution in [1.82, 2.24) is 15.5 Å². The zero-order valence-electron chi connectivity index (χ0n) is 20.3. The summed E-state index contributed by atoms with van der Waals surface area (Å²) in [6.45, 7) is 6.05. The highest BCUT2D eigenvalue weighted by Crippen LogP contribution is 2.45. The lowest BCUT2D eigenvalue weighted by Gasteiger charge is -2.54. The van der Waals surface area contributed by atoms with E-state index < -0.39 is 23.1 Å². The second-order valence-electron chi connectivity index (χ2n) is 9.12. The summed E-state index contributed by atoms with van der Waals surface area (Å²) < 4.78 is 5.53. The van der Waals surface area contributed by atoms with Crippen molar-refractivity contribution < 1.29 is 19.4 Å². The Hall–Kier alpha value is -3.07. The average Bonchev–Trinajstić information content (AvgIpc) is 3.11. The number of carboxylic acids is 1. The van der Waals surface area contributed by atoms with Gasteiger partial charge in [-0.2, -0.15) is 0 Å². The highest BCUT2D eigenvalue weighted by molar-refractivity contribution is 6.30. The van der Waals surface area contributed by atoms with Crippen molar-refractivity contribution in [3.8, 4) is 0 Å². The standard InChI is InChI=1S/C25H31ClN4O4/c1-16-14-17(26)12-13-19(16)22(31)27-21-20(23(32)33)30(18-10-8-7-9-11-18)25(28-21,29(4)5)24(2,3)15-34-6/h7-14,28H,15H2,1-6H3,(H,27,31)(H,32,33). The number of benzene rings is 2. The molecule has 2 aromatic carbocycles. The molecule has 0 saturated carbocycles. The summed E-state index contributed by atoms with van der Waals surface area (Å²) in [4.78, 5) is 29.5. The van der Waals surface area contributed by atoms with E-state index in [-0.39, 0.29) is 11.5 Å². The molecule has 3 N–H and O–H groups in total. The van der Waals surface area contributed by atoms with E-state index in [0.29, 0.717) is 28.4 Å². The first kappa shape index (κ1) is 25.6. The summed E-state index contributed by atoms with van der Waals surface area (Å²) in [6, 6.07) is 14.1. The Balaban J connectivity index is 2.20. The lowest BCUT2D eigenvalue weighted by molar-refractivity contribution is -0.133. The number of carbonyl (C=O) groups is 2. The Labute approximate surface area is 205 Å². The van der Waals surface area contributed by atoms with E-state index in [1.54, 1.807) is 37.1 Å². The number of nitrogens with one attached hydrogen (secondary N) is 2. The molecule has 0 saturated heterocycles. The lowest BCUT2D eigenvalue weighted by atomic mass is 9.83. The summed E-state index contributed by atoms with van der Waals surface area (Å²) >= 11 is 6.04. The number of methoxy groups -OCH3 is 1. The quantitative estimate of drug-likeness (QED) is 0.524. The van der Waals surface area contributed by atoms with Crippen molar-refractivity contribution in [1.29, 1.82) is 0 Å². The maximum Gasteiger partial charge on any atom is 0.356 e. The van der Waals surface area contributed by atoms with Crippen LogP contribution >= 0.6 is 11.6 Å². The van der Waals surface area contributed by atoms with Gasteiger partial charge in [0.2, 0.25) is 0 Å². The van der Waals surface area contributed by atoms with Gasteiger partial charge in [0.1, 0.15) is 5.82 Å². The molecular formula is C25H31ClN4O4. The van der Waals surface area contributed by atoms with Crippen molar-refractivity contribution in [2.24, 2.45) is 5.41 Å². The Morgan fingerprint density at radius 2 is 1.85 bits per heavy atom. The summed E-state index contributed by atoms with van der Waals surface area (Å²) in [5.41, 5.74) is 0.998. The van der Waals surface area contributed by atoms with Crippen LogP contribution in [0.25, 0.3) is 0 Å². The van der Waals surface area contributed by atoms with E-state index in [4.69, 9.17) is 16.3 Å². The Morgan fingerprint density at radius 1 is 1.21 bits per heavy atom. The van der Waals surface area contributed by atoms with Crippen molar-refractivity contribution >= 4 is 29.2 Å². The number of aliphatic carboxylic acids is 1. The number of carbonyl (C=O) groups excluding carboxylic acids is 1. The molecule has 0 fully saturated rings. The molecule has 1 unspecified atom stereocenters. The molecule has 0 spiro atoms. The van der Waals surface area contributed by atoms with Gasteiger partial charge < -0.3 is 20.5 Å². The van der Waals surface area contributed by atoms with E-state index >= 15 is 0 Å². The molecule has 3 rings (SSSR count). The van der Waals surface area contributed by atoms with Crippen LogP contribution in [0.15, 0.2) is 60.0 Å². The minimum atomic E-state index is -1.18. The summed E-state index contributed by atoms with van der Waals surface area (Å²) in [5.74, 6) is -2.62. The Bertz CT molecular complexity index is 1120. The van der Waals surface area contributed by atoms with E-state index in [2.05, 4.69) is 10.6 Å². The van der Waals surface area contributed by atoms with Crippen LogP contribution < -0.4 is 15.5 Å². The molecule has 0 bridgehead atoms. The number of para-hydroxylation sites is 1. The highest BCUT2D eigenvalue weighted by atomic mass is 35.5. The third kappa shape index (κ3) is 4.36. The van der Waals surface area contributed by atoms with Gasteiger partial charge in [0.05, 0.1) is 6.61 Å². The van der Waals surface area contributed by atoms with Gasteiger partial charge in [-0.05, 0) is 56.9 Å². The fourth-order valence-corrected chi connectivity index (χ4v) is 4.89. The molecule has 2 aromatic rings. The first-order valence-corrected chi connectivity index (χ1v) is 11.2. The maximum atomic E-state index is 13.2. The second-order valence-corrected chi connectivity index (χ2v) is 9.56. The molecule has 34 heavy (non-hydrogen) atoms. The average molecular weight is 487 g/mol. The number of carboxylic acid groups (broad SMARTS) is 1. The third-order valence-electron chi connectivity index (χ3n) is 6.07. The number of hydrogen-bond acceptors (Lipinski definition) is 6. The zero-order valence-corrected chi connectivity index (χ0v) is 21.0. The van der Waals surface area contributed by atoms with Crippen molar-refractivity contribution in [2.75, 3.05) is 32.7 Å². The number of amides is 1. The van der Waals surface area contributed by atoms with Crippen molar-refractivity contribution in [3.63, 3.8) is 0 Å². The van der Waals surface area contributed by atoms with Crippen LogP contribution in [0, 0.1) is 12.3 Å². The van der Waals surface area contributed by atoms with Gasteiger partial charge in [0.25, 0.3) is 5.91 Å². The van der Waals surface area contributed by atoms with Crippen LogP contribution in [-0.2, 0) is 9.53 Å². The van der Waals surface area contributed by atoms with Crippen molar-refractivity contribution in [2.45, 2.75) is 26.6 Å². The molecule has 1 heterocycles. The third-order valence-corrected chi connectivity index (χ3v) is 6.30. The normalized spacial score (nSPS) is 18.3. The Morgan fingerprint density at radius 3 is 2.38 bits per heavy atom. The predicted octanol–water partition coefficient (Wildman–Crippen LogP) is 3.63. The molecule has 1 aliphatic heterocycles. The lowest BCUT2D eigenvalue weighted by Crippen LogP contribution is -2.72. The maximum absolute atomic E-state index is 13.2. The molecule has 1 amide bonds. The number of aryl methyl sites for hydroxylation is 1. The highest BCUT2D eigenvalue weighted by Gasteiger charge is 2.59. The monoisotopic (exact) mass is 486 g/mol. The number of ether oxygens (including phenoxy) is 1. The number of halogens is 1. The molecule has 1 atom stereocenters. The largest absolute Gasteiger partial charge is 0.476 e. The SMILES string of the molecule is COCC(C)(C)C1(N(C)C)NC(NC(=O)c2ccc(Cl)cc2C)=C(C(=O)O)N1c1ccccc1. The van der Waals surface area contributed by atoms with Gasteiger partial charge in [-0.15, -0.1) is 0 Å². The predicted molar refractivity (Wildman–Crippen MR) is 132 cm³/mol. The molecule has 182 valence electrons. The minimum Gasteiger partial charge on any atom is -0.476 e. The van der Waals surface area contributed by atoms with Crippen LogP contribution in [0.2, 0.25) is 5.02 Å². The molecule has 0 aromatic heterocycles. The first-order chi connectivity index (χ1) is 16.0. The van der Waals surface area contributed by atoms with Crippen molar-refractivity contribution in [3.05, 3.63) is 76.2 Å². The number of anilines is 1. The molecular weight excluding hydrogens is 456 g/mol. The topological polar surface area (TPSA) is 94.1 Å². The van der Waals surface area contributed by atoms with Gasteiger partial charge in [-0.25, -0.2) is 4.79 Å².